The van der Waals surface area contributed by atoms with E-state index in [0.717, 1.165) is 19.4 Å². The molecule has 0 spiro atoms. The van der Waals surface area contributed by atoms with Crippen molar-refractivity contribution in [2.24, 2.45) is 0 Å². The summed E-state index contributed by atoms with van der Waals surface area (Å²) in [6, 6.07) is 0. The van der Waals surface area contributed by atoms with Gasteiger partial charge in [0.25, 0.3) is 0 Å². The van der Waals surface area contributed by atoms with Crippen LogP contribution in [0.25, 0.3) is 11.2 Å². The van der Waals surface area contributed by atoms with E-state index in [0.29, 0.717) is 29.5 Å². The molecule has 7 heteroatoms. The molecule has 0 radical (unpaired) electrons. The van der Waals surface area contributed by atoms with Crippen molar-refractivity contribution in [1.29, 1.82) is 0 Å². The summed E-state index contributed by atoms with van der Waals surface area (Å²) in [7, 11) is 1.55. The van der Waals surface area contributed by atoms with Crippen LogP contribution in [-0.4, -0.2) is 39.3 Å². The van der Waals surface area contributed by atoms with Gasteiger partial charge in [0.2, 0.25) is 11.8 Å². The average molecular weight is 249 g/mol. The fraction of sp³-hybridized carbons (Fsp3) is 0.545. The van der Waals surface area contributed by atoms with Crippen molar-refractivity contribution >= 4 is 17.1 Å². The molecular formula is C11H15N5O2. The summed E-state index contributed by atoms with van der Waals surface area (Å²) in [4.78, 5) is 12.5. The molecule has 0 saturated carbocycles. The topological polar surface area (TPSA) is 88.1 Å². The summed E-state index contributed by atoms with van der Waals surface area (Å²) in [6.45, 7) is 1.48. The first-order valence-corrected chi connectivity index (χ1v) is 5.92. The van der Waals surface area contributed by atoms with E-state index in [1.54, 1.807) is 7.11 Å². The first-order chi connectivity index (χ1) is 8.79. The number of nitrogen functional groups attached to an aromatic ring is 1. The number of rotatable bonds is 3. The highest BCUT2D eigenvalue weighted by atomic mass is 16.5. The third-order valence-corrected chi connectivity index (χ3v) is 3.13. The summed E-state index contributed by atoms with van der Waals surface area (Å²) >= 11 is 0. The zero-order chi connectivity index (χ0) is 12.5. The van der Waals surface area contributed by atoms with Crippen LogP contribution in [0.1, 0.15) is 12.8 Å². The monoisotopic (exact) mass is 249 g/mol. The molecule has 1 unspecified atom stereocenters. The number of hydrogen-bond acceptors (Lipinski definition) is 6. The molecule has 7 nitrogen and oxygen atoms in total. The van der Waals surface area contributed by atoms with Crippen molar-refractivity contribution in [1.82, 2.24) is 19.5 Å². The molecule has 18 heavy (non-hydrogen) atoms. The van der Waals surface area contributed by atoms with Crippen LogP contribution in [0.15, 0.2) is 6.33 Å². The molecule has 0 aliphatic carbocycles. The lowest BCUT2D eigenvalue weighted by molar-refractivity contribution is 0.0982. The third-order valence-electron chi connectivity index (χ3n) is 3.13. The zero-order valence-corrected chi connectivity index (χ0v) is 10.2. The average Bonchev–Trinajstić information content (AvgIpc) is 2.99. The molecule has 1 atom stereocenters. The van der Waals surface area contributed by atoms with Gasteiger partial charge in [-0.25, -0.2) is 9.97 Å². The Morgan fingerprint density at radius 1 is 1.56 bits per heavy atom. The van der Waals surface area contributed by atoms with Crippen LogP contribution in [0, 0.1) is 0 Å². The maximum absolute atomic E-state index is 5.93. The molecule has 2 aromatic heterocycles. The van der Waals surface area contributed by atoms with E-state index in [4.69, 9.17) is 15.2 Å². The van der Waals surface area contributed by atoms with Gasteiger partial charge in [0.15, 0.2) is 11.2 Å². The molecular weight excluding hydrogens is 234 g/mol. The lowest BCUT2D eigenvalue weighted by Crippen LogP contribution is -2.16. The molecule has 3 heterocycles. The van der Waals surface area contributed by atoms with Gasteiger partial charge < -0.3 is 15.2 Å². The van der Waals surface area contributed by atoms with Crippen molar-refractivity contribution < 1.29 is 9.47 Å². The van der Waals surface area contributed by atoms with Gasteiger partial charge in [0.1, 0.15) is 6.33 Å². The molecule has 3 rings (SSSR count). The third kappa shape index (κ3) is 1.76. The van der Waals surface area contributed by atoms with E-state index in [1.165, 1.54) is 6.33 Å². The first-order valence-electron chi connectivity index (χ1n) is 5.92. The van der Waals surface area contributed by atoms with Gasteiger partial charge in [0.05, 0.1) is 19.8 Å². The van der Waals surface area contributed by atoms with Crippen LogP contribution >= 0.6 is 0 Å². The Morgan fingerprint density at radius 2 is 2.44 bits per heavy atom. The fourth-order valence-electron chi connectivity index (χ4n) is 2.25. The van der Waals surface area contributed by atoms with Gasteiger partial charge in [-0.1, -0.05) is 0 Å². The van der Waals surface area contributed by atoms with Crippen LogP contribution in [0.5, 0.6) is 5.88 Å². The number of hydrogen-bond donors (Lipinski definition) is 1. The normalized spacial score (nSPS) is 19.5. The van der Waals surface area contributed by atoms with Crippen molar-refractivity contribution in [3.63, 3.8) is 0 Å². The molecule has 1 aliphatic rings. The number of ether oxygens (including phenoxy) is 2. The van der Waals surface area contributed by atoms with Crippen molar-refractivity contribution in [2.75, 3.05) is 19.5 Å². The van der Waals surface area contributed by atoms with Crippen LogP contribution in [0.2, 0.25) is 0 Å². The maximum atomic E-state index is 5.93. The van der Waals surface area contributed by atoms with E-state index in [-0.39, 0.29) is 6.10 Å². The van der Waals surface area contributed by atoms with Gasteiger partial charge in [-0.15, -0.1) is 0 Å². The van der Waals surface area contributed by atoms with Crippen LogP contribution in [0.3, 0.4) is 0 Å². The molecule has 2 aromatic rings. The van der Waals surface area contributed by atoms with E-state index < -0.39 is 0 Å². The Morgan fingerprint density at radius 3 is 3.17 bits per heavy atom. The predicted molar refractivity (Wildman–Crippen MR) is 65.3 cm³/mol. The van der Waals surface area contributed by atoms with Crippen molar-refractivity contribution in [3.8, 4) is 5.88 Å². The minimum absolute atomic E-state index is 0.186. The molecule has 1 fully saturated rings. The van der Waals surface area contributed by atoms with Crippen molar-refractivity contribution in [2.45, 2.75) is 25.5 Å². The summed E-state index contributed by atoms with van der Waals surface area (Å²) < 4.78 is 12.6. The second kappa shape index (κ2) is 4.41. The van der Waals surface area contributed by atoms with E-state index in [1.807, 2.05) is 4.57 Å². The number of fused-ring (bicyclic) bond motifs is 1. The Bertz CT molecular complexity index is 562. The molecule has 2 N–H and O–H groups in total. The molecule has 96 valence electrons. The van der Waals surface area contributed by atoms with Gasteiger partial charge in [-0.2, -0.15) is 4.98 Å². The number of nitrogens with zero attached hydrogens (tertiary/aromatic N) is 4. The number of imidazole rings is 1. The fourth-order valence-corrected chi connectivity index (χ4v) is 2.25. The molecule has 1 aliphatic heterocycles. The van der Waals surface area contributed by atoms with E-state index in [9.17, 15) is 0 Å². The quantitative estimate of drug-likeness (QED) is 0.856. The van der Waals surface area contributed by atoms with E-state index in [2.05, 4.69) is 15.0 Å². The van der Waals surface area contributed by atoms with Crippen molar-refractivity contribution in [3.05, 3.63) is 6.33 Å². The minimum Gasteiger partial charge on any atom is -0.479 e. The highest BCUT2D eigenvalue weighted by Gasteiger charge is 2.21. The number of nitrogens with two attached hydrogens (primary N) is 1. The highest BCUT2D eigenvalue weighted by Crippen LogP contribution is 2.24. The smallest absolute Gasteiger partial charge is 0.245 e. The minimum atomic E-state index is 0.186. The Kier molecular flexibility index (Phi) is 2.75. The molecule has 0 bridgehead atoms. The largest absolute Gasteiger partial charge is 0.479 e. The Balaban J connectivity index is 2.02. The number of methoxy groups -OCH3 is 1. The predicted octanol–water partition coefficient (Wildman–Crippen LogP) is 0.596. The summed E-state index contributed by atoms with van der Waals surface area (Å²) in [5.41, 5.74) is 7.21. The molecule has 0 aromatic carbocycles. The number of aromatic nitrogens is 4. The standard InChI is InChI=1S/C11H15N5O2/c1-17-10-8-9(13-6-14-10)16(11(12)15-8)5-7-3-2-4-18-7/h6-7H,2-5H2,1H3,(H2,12,15). The SMILES string of the molecule is COc1ncnc2c1nc(N)n2CC1CCCO1. The van der Waals surface area contributed by atoms with Gasteiger partial charge in [-0.3, -0.25) is 4.57 Å². The van der Waals surface area contributed by atoms with Gasteiger partial charge in [0, 0.05) is 6.61 Å². The zero-order valence-electron chi connectivity index (χ0n) is 10.2. The second-order valence-corrected chi connectivity index (χ2v) is 4.27. The Hall–Kier alpha value is -1.89. The van der Waals surface area contributed by atoms with Crippen LogP contribution in [0.4, 0.5) is 5.95 Å². The Labute approximate surface area is 104 Å². The highest BCUT2D eigenvalue weighted by molar-refractivity contribution is 5.78. The molecule has 1 saturated heterocycles. The van der Waals surface area contributed by atoms with Gasteiger partial charge >= 0.3 is 0 Å². The first kappa shape index (κ1) is 11.2. The van der Waals surface area contributed by atoms with E-state index >= 15 is 0 Å². The molecule has 0 amide bonds. The van der Waals surface area contributed by atoms with Crippen LogP contribution < -0.4 is 10.5 Å². The lowest BCUT2D eigenvalue weighted by atomic mass is 10.2. The lowest BCUT2D eigenvalue weighted by Gasteiger charge is -2.11. The van der Waals surface area contributed by atoms with Crippen LogP contribution in [-0.2, 0) is 11.3 Å². The summed E-state index contributed by atoms with van der Waals surface area (Å²) in [6.07, 6.45) is 3.77. The summed E-state index contributed by atoms with van der Waals surface area (Å²) in [5, 5.41) is 0. The maximum Gasteiger partial charge on any atom is 0.245 e. The second-order valence-electron chi connectivity index (χ2n) is 4.27. The van der Waals surface area contributed by atoms with Gasteiger partial charge in [-0.05, 0) is 12.8 Å². The number of anilines is 1. The summed E-state index contributed by atoms with van der Waals surface area (Å²) in [5.74, 6) is 0.858.